The third-order valence-corrected chi connectivity index (χ3v) is 7.31. The van der Waals surface area contributed by atoms with E-state index in [0.29, 0.717) is 11.3 Å². The zero-order valence-electron chi connectivity index (χ0n) is 20.1. The molecule has 0 saturated heterocycles. The maximum absolute atomic E-state index is 12.9. The molecule has 6 nitrogen and oxygen atoms in total. The summed E-state index contributed by atoms with van der Waals surface area (Å²) in [5.74, 6) is -0.685. The Labute approximate surface area is 212 Å². The van der Waals surface area contributed by atoms with Crippen molar-refractivity contribution in [1.82, 2.24) is 19.4 Å². The van der Waals surface area contributed by atoms with Gasteiger partial charge in [-0.25, -0.2) is 0 Å². The second kappa shape index (κ2) is 8.38. The Morgan fingerprint density at radius 1 is 0.784 bits per heavy atom. The van der Waals surface area contributed by atoms with Crippen molar-refractivity contribution in [3.8, 4) is 0 Å². The number of carbonyl (C=O) groups is 2. The minimum Gasteiger partial charge on any atom is -0.361 e. The van der Waals surface area contributed by atoms with Gasteiger partial charge in [0.2, 0.25) is 0 Å². The molecule has 0 bridgehead atoms. The van der Waals surface area contributed by atoms with Gasteiger partial charge in [0.05, 0.1) is 16.6 Å². The highest BCUT2D eigenvalue weighted by Crippen LogP contribution is 2.37. The van der Waals surface area contributed by atoms with Crippen LogP contribution in [-0.4, -0.2) is 25.9 Å². The standard InChI is InChI=1S/C23H17N3O2.C8H7N/c27-22-19(17-13-25-11-4-7-15-6-3-8-16(17)20(15)25)21(23(28)24-22)26-12-10-14-5-1-2-9-18(14)26;1-2-4-8-7(3-1)5-6-9-8/h1-3,5-6,8-10,12-13H,4,7,11H2,(H,24,27,28);1-6,9H. The first kappa shape index (κ1) is 21.4. The Bertz CT molecular complexity index is 1850. The smallest absolute Gasteiger partial charge is 0.275 e. The fraction of sp³-hybridized carbons (Fsp3) is 0.0968. The maximum Gasteiger partial charge on any atom is 0.275 e. The van der Waals surface area contributed by atoms with Crippen molar-refractivity contribution in [2.24, 2.45) is 0 Å². The zero-order chi connectivity index (χ0) is 24.9. The second-order valence-electron chi connectivity index (χ2n) is 9.47. The zero-order valence-corrected chi connectivity index (χ0v) is 20.1. The van der Waals surface area contributed by atoms with Crippen LogP contribution in [0.2, 0.25) is 0 Å². The van der Waals surface area contributed by atoms with Crippen LogP contribution in [0.25, 0.3) is 44.0 Å². The number of aryl methyl sites for hydroxylation is 2. The normalized spacial score (nSPS) is 14.9. The fourth-order valence-corrected chi connectivity index (χ4v) is 5.65. The summed E-state index contributed by atoms with van der Waals surface area (Å²) in [6, 6.07) is 26.3. The van der Waals surface area contributed by atoms with Crippen molar-refractivity contribution < 1.29 is 9.59 Å². The quantitative estimate of drug-likeness (QED) is 0.308. The second-order valence-corrected chi connectivity index (χ2v) is 9.47. The van der Waals surface area contributed by atoms with E-state index in [1.54, 1.807) is 0 Å². The molecule has 0 radical (unpaired) electrons. The van der Waals surface area contributed by atoms with Gasteiger partial charge in [-0.2, -0.15) is 0 Å². The first-order valence-electron chi connectivity index (χ1n) is 12.5. The van der Waals surface area contributed by atoms with E-state index >= 15 is 0 Å². The lowest BCUT2D eigenvalue weighted by molar-refractivity contribution is -0.122. The summed E-state index contributed by atoms with van der Waals surface area (Å²) in [5, 5.41) is 5.85. The van der Waals surface area contributed by atoms with Gasteiger partial charge in [0.15, 0.2) is 0 Å². The lowest BCUT2D eigenvalue weighted by Gasteiger charge is -2.14. The molecule has 180 valence electrons. The monoisotopic (exact) mass is 484 g/mol. The van der Waals surface area contributed by atoms with Gasteiger partial charge in [-0.1, -0.05) is 54.6 Å². The number of aromatic nitrogens is 3. The van der Waals surface area contributed by atoms with Crippen molar-refractivity contribution >= 4 is 55.8 Å². The summed E-state index contributed by atoms with van der Waals surface area (Å²) in [5.41, 5.74) is 6.28. The van der Waals surface area contributed by atoms with Crippen LogP contribution in [0.1, 0.15) is 17.5 Å². The molecule has 6 aromatic rings. The van der Waals surface area contributed by atoms with Crippen molar-refractivity contribution in [3.05, 3.63) is 109 Å². The van der Waals surface area contributed by atoms with Crippen LogP contribution < -0.4 is 5.32 Å². The Morgan fingerprint density at radius 2 is 1.62 bits per heavy atom. The summed E-state index contributed by atoms with van der Waals surface area (Å²) in [7, 11) is 0. The Hall–Kier alpha value is -4.84. The summed E-state index contributed by atoms with van der Waals surface area (Å²) in [6.45, 7) is 0.929. The van der Waals surface area contributed by atoms with Crippen molar-refractivity contribution in [1.29, 1.82) is 0 Å². The maximum atomic E-state index is 12.9. The molecule has 0 unspecified atom stereocenters. The van der Waals surface area contributed by atoms with E-state index in [9.17, 15) is 9.59 Å². The van der Waals surface area contributed by atoms with Crippen LogP contribution >= 0.6 is 0 Å². The molecule has 2 aliphatic heterocycles. The van der Waals surface area contributed by atoms with E-state index in [0.717, 1.165) is 41.2 Å². The number of aromatic amines is 1. The number of hydrogen-bond acceptors (Lipinski definition) is 2. The summed E-state index contributed by atoms with van der Waals surface area (Å²) < 4.78 is 4.05. The molecule has 37 heavy (non-hydrogen) atoms. The van der Waals surface area contributed by atoms with Gasteiger partial charge in [-0.15, -0.1) is 0 Å². The summed E-state index contributed by atoms with van der Waals surface area (Å²) >= 11 is 0. The molecule has 3 aromatic carbocycles. The van der Waals surface area contributed by atoms with Gasteiger partial charge in [0.25, 0.3) is 11.8 Å². The van der Waals surface area contributed by atoms with Crippen LogP contribution in [0, 0.1) is 0 Å². The molecule has 2 amide bonds. The molecule has 2 N–H and O–H groups in total. The highest BCUT2D eigenvalue weighted by Gasteiger charge is 2.35. The molecule has 0 fully saturated rings. The van der Waals surface area contributed by atoms with Crippen LogP contribution in [0.4, 0.5) is 0 Å². The fourth-order valence-electron chi connectivity index (χ4n) is 5.65. The molecule has 0 atom stereocenters. The molecule has 3 aromatic heterocycles. The average molecular weight is 485 g/mol. The van der Waals surface area contributed by atoms with E-state index in [1.807, 2.05) is 77.8 Å². The number of benzene rings is 3. The molecule has 2 aliphatic rings. The van der Waals surface area contributed by atoms with Gasteiger partial charge >= 0.3 is 0 Å². The predicted octanol–water partition coefficient (Wildman–Crippen LogP) is 5.73. The Balaban J connectivity index is 0.000000216. The van der Waals surface area contributed by atoms with E-state index in [4.69, 9.17) is 0 Å². The minimum absolute atomic E-state index is 0.332. The summed E-state index contributed by atoms with van der Waals surface area (Å²) in [6.07, 6.45) is 7.97. The number of carbonyl (C=O) groups excluding carboxylic acids is 2. The molecule has 5 heterocycles. The highest BCUT2D eigenvalue weighted by molar-refractivity contribution is 6.47. The lowest BCUT2D eigenvalue weighted by atomic mass is 9.99. The number of fused-ring (bicyclic) bond motifs is 2. The highest BCUT2D eigenvalue weighted by atomic mass is 16.2. The van der Waals surface area contributed by atoms with Crippen molar-refractivity contribution in [2.75, 3.05) is 0 Å². The van der Waals surface area contributed by atoms with Crippen LogP contribution in [-0.2, 0) is 22.6 Å². The number of para-hydroxylation sites is 3. The third-order valence-electron chi connectivity index (χ3n) is 7.31. The van der Waals surface area contributed by atoms with Gasteiger partial charge in [0.1, 0.15) is 5.70 Å². The first-order chi connectivity index (χ1) is 18.2. The molecule has 0 spiro atoms. The first-order valence-corrected chi connectivity index (χ1v) is 12.5. The number of nitrogens with zero attached hydrogens (tertiary/aromatic N) is 2. The van der Waals surface area contributed by atoms with E-state index < -0.39 is 0 Å². The SMILES string of the molecule is O=C1NC(=O)C(n2ccc3ccccc32)=C1c1cn2c3c(cccc13)CCC2.c1ccc2[nH]ccc2c1. The predicted molar refractivity (Wildman–Crippen MR) is 147 cm³/mol. The van der Waals surface area contributed by atoms with Gasteiger partial charge in [-0.3, -0.25) is 14.9 Å². The third kappa shape index (κ3) is 3.41. The number of nitrogens with one attached hydrogen (secondary N) is 2. The van der Waals surface area contributed by atoms with E-state index in [-0.39, 0.29) is 11.8 Å². The van der Waals surface area contributed by atoms with Crippen LogP contribution in [0.3, 0.4) is 0 Å². The van der Waals surface area contributed by atoms with Gasteiger partial charge in [-0.05, 0) is 53.4 Å². The van der Waals surface area contributed by atoms with Crippen LogP contribution in [0.15, 0.2) is 97.5 Å². The van der Waals surface area contributed by atoms with Gasteiger partial charge < -0.3 is 14.1 Å². The van der Waals surface area contributed by atoms with Crippen LogP contribution in [0.5, 0.6) is 0 Å². The minimum atomic E-state index is -0.353. The molecule has 0 aliphatic carbocycles. The molecule has 8 rings (SSSR count). The number of imide groups is 1. The molecular weight excluding hydrogens is 460 g/mol. The van der Waals surface area contributed by atoms with E-state index in [1.165, 1.54) is 22.0 Å². The number of H-pyrrole nitrogens is 1. The average Bonchev–Trinajstić information content (AvgIpc) is 3.70. The molecular formula is C31H24N4O2. The number of rotatable bonds is 2. The lowest BCUT2D eigenvalue weighted by Crippen LogP contribution is -2.23. The number of amides is 2. The number of hydrogen-bond donors (Lipinski definition) is 2. The molecule has 6 heteroatoms. The largest absolute Gasteiger partial charge is 0.361 e. The Morgan fingerprint density at radius 3 is 2.51 bits per heavy atom. The molecule has 0 saturated carbocycles. The Kier molecular flexibility index (Phi) is 4.86. The van der Waals surface area contributed by atoms with Crippen molar-refractivity contribution in [2.45, 2.75) is 19.4 Å². The van der Waals surface area contributed by atoms with Gasteiger partial charge in [0, 0.05) is 41.6 Å². The topological polar surface area (TPSA) is 71.8 Å². The van der Waals surface area contributed by atoms with E-state index in [2.05, 4.69) is 39.1 Å². The summed E-state index contributed by atoms with van der Waals surface area (Å²) in [4.78, 5) is 28.8. The van der Waals surface area contributed by atoms with Crippen molar-refractivity contribution in [3.63, 3.8) is 0 Å².